The molecule has 1 aromatic rings. The minimum atomic E-state index is -0.517. The van der Waals surface area contributed by atoms with Crippen LogP contribution < -0.4 is 9.47 Å². The maximum Gasteiger partial charge on any atom is 0.426 e. The maximum absolute atomic E-state index is 12.1. The molecule has 1 heterocycles. The molecule has 0 radical (unpaired) electrons. The summed E-state index contributed by atoms with van der Waals surface area (Å²) in [7, 11) is 3.32. The highest BCUT2D eigenvalue weighted by Gasteiger charge is 2.33. The van der Waals surface area contributed by atoms with Gasteiger partial charge in [-0.15, -0.1) is 0 Å². The van der Waals surface area contributed by atoms with Crippen molar-refractivity contribution in [3.05, 3.63) is 23.8 Å². The molecule has 0 saturated carbocycles. The Labute approximate surface area is 134 Å². The Morgan fingerprint density at radius 1 is 1.50 bits per heavy atom. The second-order valence-corrected chi connectivity index (χ2v) is 7.01. The molecule has 118 valence electrons. The van der Waals surface area contributed by atoms with Gasteiger partial charge in [-0.2, -0.15) is 5.26 Å². The summed E-state index contributed by atoms with van der Waals surface area (Å²) in [4.78, 5) is 12.1. The van der Waals surface area contributed by atoms with Crippen molar-refractivity contribution in [1.82, 2.24) is 8.61 Å². The topological polar surface area (TPSA) is 65.8 Å². The third-order valence-electron chi connectivity index (χ3n) is 3.06. The first-order chi connectivity index (χ1) is 10.3. The van der Waals surface area contributed by atoms with Crippen molar-refractivity contribution in [3.8, 4) is 17.6 Å². The predicted octanol–water partition coefficient (Wildman–Crippen LogP) is 2.85. The quantitative estimate of drug-likeness (QED) is 0.627. The van der Waals surface area contributed by atoms with Crippen LogP contribution in [0.15, 0.2) is 18.2 Å². The minimum Gasteiger partial charge on any atom is -0.483 e. The van der Waals surface area contributed by atoms with Crippen molar-refractivity contribution in [3.63, 3.8) is 0 Å². The van der Waals surface area contributed by atoms with Gasteiger partial charge in [0.05, 0.1) is 12.6 Å². The lowest BCUT2D eigenvalue weighted by Gasteiger charge is -2.21. The molecule has 1 aliphatic heterocycles. The number of benzene rings is 1. The van der Waals surface area contributed by atoms with Crippen LogP contribution in [0.5, 0.6) is 11.5 Å². The normalized spacial score (nSPS) is 14.9. The van der Waals surface area contributed by atoms with Crippen LogP contribution in [-0.2, 0) is 6.42 Å². The molecule has 0 N–H and O–H groups in total. The molecule has 6 nitrogen and oxygen atoms in total. The van der Waals surface area contributed by atoms with E-state index in [9.17, 15) is 4.79 Å². The van der Waals surface area contributed by atoms with E-state index in [0.29, 0.717) is 11.5 Å². The third kappa shape index (κ3) is 3.84. The zero-order valence-electron chi connectivity index (χ0n) is 13.1. The van der Waals surface area contributed by atoms with E-state index in [-0.39, 0.29) is 12.1 Å². The van der Waals surface area contributed by atoms with E-state index in [4.69, 9.17) is 14.7 Å². The lowest BCUT2D eigenvalue weighted by molar-refractivity contribution is 0.131. The Bertz CT molecular complexity index is 613. The molecule has 0 aliphatic carbocycles. The highest BCUT2D eigenvalue weighted by Crippen LogP contribution is 2.42. The molecule has 22 heavy (non-hydrogen) atoms. The molecule has 0 aromatic heterocycles. The Balaban J connectivity index is 2.05. The Kier molecular flexibility index (Phi) is 4.84. The Morgan fingerprint density at radius 3 is 2.91 bits per heavy atom. The number of nitriles is 1. The number of carbonyl (C=O) groups is 1. The summed E-state index contributed by atoms with van der Waals surface area (Å²) < 4.78 is 14.3. The summed E-state index contributed by atoms with van der Waals surface area (Å²) in [5.74, 6) is 1.05. The monoisotopic (exact) mass is 321 g/mol. The summed E-state index contributed by atoms with van der Waals surface area (Å²) in [6.07, 6.45) is 0.264. The van der Waals surface area contributed by atoms with Gasteiger partial charge in [0.25, 0.3) is 0 Å². The highest BCUT2D eigenvalue weighted by molar-refractivity contribution is 7.95. The van der Waals surface area contributed by atoms with E-state index in [1.54, 1.807) is 24.5 Å². The number of nitrogens with zero attached hydrogens (tertiary/aromatic N) is 3. The van der Waals surface area contributed by atoms with Crippen LogP contribution in [0.1, 0.15) is 19.4 Å². The first-order valence-electron chi connectivity index (χ1n) is 6.85. The van der Waals surface area contributed by atoms with Crippen molar-refractivity contribution in [2.75, 3.05) is 20.6 Å². The van der Waals surface area contributed by atoms with Gasteiger partial charge in [-0.25, -0.2) is 13.4 Å². The number of hydrogen-bond donors (Lipinski definition) is 0. The molecule has 0 spiro atoms. The van der Waals surface area contributed by atoms with Crippen LogP contribution in [-0.4, -0.2) is 40.9 Å². The zero-order valence-corrected chi connectivity index (χ0v) is 13.9. The molecule has 0 bridgehead atoms. The number of hydrogen-bond acceptors (Lipinski definition) is 6. The number of fused-ring (bicyclic) bond motifs is 1. The van der Waals surface area contributed by atoms with Gasteiger partial charge >= 0.3 is 6.09 Å². The van der Waals surface area contributed by atoms with Crippen molar-refractivity contribution < 1.29 is 14.3 Å². The van der Waals surface area contributed by atoms with E-state index in [0.717, 1.165) is 24.1 Å². The Hall–Kier alpha value is -1.91. The molecular formula is C15H19N3O3S. The summed E-state index contributed by atoms with van der Waals surface area (Å²) in [6.45, 7) is 4.20. The zero-order chi connectivity index (χ0) is 16.3. The summed E-state index contributed by atoms with van der Waals surface area (Å²) >= 11 is 1.11. The number of rotatable bonds is 4. The van der Waals surface area contributed by atoms with Crippen LogP contribution in [0.2, 0.25) is 0 Å². The van der Waals surface area contributed by atoms with Crippen LogP contribution in [0, 0.1) is 11.3 Å². The highest BCUT2D eigenvalue weighted by atomic mass is 32.2. The lowest BCUT2D eigenvalue weighted by atomic mass is 10.0. The second kappa shape index (κ2) is 6.46. The summed E-state index contributed by atoms with van der Waals surface area (Å²) in [5, 5.41) is 8.62. The first-order valence-corrected chi connectivity index (χ1v) is 7.58. The largest absolute Gasteiger partial charge is 0.483 e. The van der Waals surface area contributed by atoms with Crippen LogP contribution in [0.25, 0.3) is 0 Å². The molecule has 0 saturated heterocycles. The molecule has 7 heteroatoms. The fourth-order valence-electron chi connectivity index (χ4n) is 2.20. The van der Waals surface area contributed by atoms with Gasteiger partial charge in [-0.3, -0.25) is 0 Å². The van der Waals surface area contributed by atoms with Crippen molar-refractivity contribution >= 4 is 18.2 Å². The molecule has 1 aliphatic rings. The third-order valence-corrected chi connectivity index (χ3v) is 3.87. The molecule has 0 unspecified atom stereocenters. The smallest absolute Gasteiger partial charge is 0.426 e. The molecule has 1 aromatic carbocycles. The number of amides is 1. The van der Waals surface area contributed by atoms with E-state index in [2.05, 4.69) is 0 Å². The average Bonchev–Trinajstić information content (AvgIpc) is 2.74. The number of ether oxygens (including phenoxy) is 2. The predicted molar refractivity (Wildman–Crippen MR) is 84.5 cm³/mol. The van der Waals surface area contributed by atoms with Gasteiger partial charge in [0.2, 0.25) is 0 Å². The van der Waals surface area contributed by atoms with Gasteiger partial charge in [-0.05, 0) is 19.9 Å². The standard InChI is InChI=1S/C15H19N3O3S/c1-15(2)10-11-6-5-7-12(13(11)21-15)20-14(19)18(4)22-17(3)9-8-16/h5-7H,9-10H2,1-4H3. The summed E-state index contributed by atoms with van der Waals surface area (Å²) in [6, 6.07) is 7.55. The van der Waals surface area contributed by atoms with Gasteiger partial charge in [0.1, 0.15) is 5.60 Å². The molecule has 1 amide bonds. The maximum atomic E-state index is 12.1. The van der Waals surface area contributed by atoms with Gasteiger partial charge < -0.3 is 9.47 Å². The molecule has 0 fully saturated rings. The van der Waals surface area contributed by atoms with Gasteiger partial charge in [0, 0.05) is 38.2 Å². The number of carbonyl (C=O) groups excluding carboxylic acids is 1. The lowest BCUT2D eigenvalue weighted by Crippen LogP contribution is -2.28. The van der Waals surface area contributed by atoms with Gasteiger partial charge in [-0.1, -0.05) is 12.1 Å². The summed E-state index contributed by atoms with van der Waals surface area (Å²) in [5.41, 5.74) is 0.741. The SMILES string of the molecule is CN(CC#N)SN(C)C(=O)Oc1cccc2c1OC(C)(C)C2. The van der Waals surface area contributed by atoms with Crippen molar-refractivity contribution in [1.29, 1.82) is 5.26 Å². The fraction of sp³-hybridized carbons (Fsp3) is 0.467. The number of para-hydroxylation sites is 1. The Morgan fingerprint density at radius 2 is 2.23 bits per heavy atom. The molecular weight excluding hydrogens is 302 g/mol. The first kappa shape index (κ1) is 16.5. The minimum absolute atomic E-state index is 0.209. The molecule has 0 atom stereocenters. The van der Waals surface area contributed by atoms with Crippen molar-refractivity contribution in [2.45, 2.75) is 25.9 Å². The van der Waals surface area contributed by atoms with E-state index >= 15 is 0 Å². The fourth-order valence-corrected chi connectivity index (χ4v) is 2.83. The second-order valence-electron chi connectivity index (χ2n) is 5.67. The van der Waals surface area contributed by atoms with Gasteiger partial charge in [0.15, 0.2) is 11.5 Å². The van der Waals surface area contributed by atoms with Crippen LogP contribution >= 0.6 is 12.1 Å². The van der Waals surface area contributed by atoms with Crippen LogP contribution in [0.3, 0.4) is 0 Å². The van der Waals surface area contributed by atoms with E-state index in [1.165, 1.54) is 4.31 Å². The van der Waals surface area contributed by atoms with Crippen molar-refractivity contribution in [2.24, 2.45) is 0 Å². The average molecular weight is 321 g/mol. The van der Waals surface area contributed by atoms with E-state index in [1.807, 2.05) is 32.0 Å². The molecule has 2 rings (SSSR count). The van der Waals surface area contributed by atoms with Crippen LogP contribution in [0.4, 0.5) is 4.79 Å². The van der Waals surface area contributed by atoms with E-state index < -0.39 is 6.09 Å².